The van der Waals surface area contributed by atoms with E-state index >= 15 is 0 Å². The van der Waals surface area contributed by atoms with E-state index in [1.54, 1.807) is 0 Å². The molecule has 1 aliphatic rings. The van der Waals surface area contributed by atoms with Gasteiger partial charge in [-0.25, -0.2) is 0 Å². The number of amides is 2. The first kappa shape index (κ1) is 25.7. The molecule has 1 aromatic carbocycles. The van der Waals surface area contributed by atoms with Crippen molar-refractivity contribution in [2.45, 2.75) is 45.2 Å². The predicted octanol–water partition coefficient (Wildman–Crippen LogP) is 1.95. The monoisotopic (exact) mass is 418 g/mol. The first-order valence-electron chi connectivity index (χ1n) is 9.11. The van der Waals surface area contributed by atoms with Crippen molar-refractivity contribution in [1.29, 1.82) is 0 Å². The minimum Gasteiger partial charge on any atom is -0.355 e. The molecule has 1 unspecified atom stereocenters. The predicted molar refractivity (Wildman–Crippen MR) is 114 cm³/mol. The summed E-state index contributed by atoms with van der Waals surface area (Å²) in [4.78, 5) is 26.3. The van der Waals surface area contributed by atoms with Crippen LogP contribution in [0, 0.1) is 6.92 Å². The standard InChI is InChI=1S/C19H30N4O2.2ClH/c1-3-10-21-17(24)13-23-11-8-16(9-12-23)22-19(25)18(20)15-6-4-14(2)5-7-15;;/h4-7,16,18H,3,8-13,20H2,1-2H3,(H,21,24)(H,22,25);2*1H. The summed E-state index contributed by atoms with van der Waals surface area (Å²) in [6, 6.07) is 7.21. The Balaban J connectivity index is 0.00000338. The van der Waals surface area contributed by atoms with Gasteiger partial charge in [-0.15, -0.1) is 24.8 Å². The number of nitrogens with zero attached hydrogens (tertiary/aromatic N) is 1. The fraction of sp³-hybridized carbons (Fsp3) is 0.579. The summed E-state index contributed by atoms with van der Waals surface area (Å²) >= 11 is 0. The fourth-order valence-corrected chi connectivity index (χ4v) is 2.97. The highest BCUT2D eigenvalue weighted by atomic mass is 35.5. The van der Waals surface area contributed by atoms with Crippen molar-refractivity contribution in [3.05, 3.63) is 35.4 Å². The quantitative estimate of drug-likeness (QED) is 0.631. The van der Waals surface area contributed by atoms with E-state index < -0.39 is 6.04 Å². The Kier molecular flexibility index (Phi) is 12.3. The van der Waals surface area contributed by atoms with Crippen LogP contribution in [0.2, 0.25) is 0 Å². The number of piperidine rings is 1. The van der Waals surface area contributed by atoms with Gasteiger partial charge in [0.25, 0.3) is 0 Å². The van der Waals surface area contributed by atoms with Crippen LogP contribution < -0.4 is 16.4 Å². The summed E-state index contributed by atoms with van der Waals surface area (Å²) in [5.74, 6) is -0.0614. The molecule has 1 aromatic rings. The molecule has 6 nitrogen and oxygen atoms in total. The second-order valence-corrected chi connectivity index (χ2v) is 6.80. The first-order valence-corrected chi connectivity index (χ1v) is 9.11. The van der Waals surface area contributed by atoms with Crippen molar-refractivity contribution in [2.24, 2.45) is 5.73 Å². The van der Waals surface area contributed by atoms with Gasteiger partial charge in [-0.2, -0.15) is 0 Å². The van der Waals surface area contributed by atoms with Gasteiger partial charge in [0, 0.05) is 25.7 Å². The molecule has 0 bridgehead atoms. The molecular formula is C19H32Cl2N4O2. The van der Waals surface area contributed by atoms with E-state index in [-0.39, 0.29) is 42.7 Å². The van der Waals surface area contributed by atoms with Gasteiger partial charge in [-0.05, 0) is 31.7 Å². The third kappa shape index (κ3) is 8.47. The summed E-state index contributed by atoms with van der Waals surface area (Å²) in [6.45, 7) is 6.82. The molecule has 1 fully saturated rings. The Labute approximate surface area is 174 Å². The fourth-order valence-electron chi connectivity index (χ4n) is 2.97. The lowest BCUT2D eigenvalue weighted by molar-refractivity contribution is -0.125. The van der Waals surface area contributed by atoms with E-state index in [1.165, 1.54) is 0 Å². The van der Waals surface area contributed by atoms with Crippen LogP contribution in [0.15, 0.2) is 24.3 Å². The summed E-state index contributed by atoms with van der Waals surface area (Å²) in [7, 11) is 0. The molecule has 1 aliphatic heterocycles. The Morgan fingerprint density at radius 3 is 2.33 bits per heavy atom. The number of hydrogen-bond donors (Lipinski definition) is 3. The van der Waals surface area contributed by atoms with Gasteiger partial charge in [0.05, 0.1) is 6.54 Å². The Hall–Kier alpha value is -1.34. The normalized spacial score (nSPS) is 15.8. The van der Waals surface area contributed by atoms with Gasteiger partial charge in [-0.1, -0.05) is 36.8 Å². The highest BCUT2D eigenvalue weighted by Crippen LogP contribution is 2.14. The zero-order valence-electron chi connectivity index (χ0n) is 16.1. The average Bonchev–Trinajstić information content (AvgIpc) is 2.61. The number of benzene rings is 1. The maximum Gasteiger partial charge on any atom is 0.241 e. The molecule has 0 radical (unpaired) electrons. The topological polar surface area (TPSA) is 87.5 Å². The average molecular weight is 419 g/mol. The minimum atomic E-state index is -0.640. The van der Waals surface area contributed by atoms with Crippen LogP contribution in [0.3, 0.4) is 0 Å². The Bertz CT molecular complexity index is 576. The lowest BCUT2D eigenvalue weighted by atomic mass is 10.0. The van der Waals surface area contributed by atoms with E-state index in [1.807, 2.05) is 38.1 Å². The highest BCUT2D eigenvalue weighted by molar-refractivity contribution is 5.85. The van der Waals surface area contributed by atoms with Crippen molar-refractivity contribution in [1.82, 2.24) is 15.5 Å². The van der Waals surface area contributed by atoms with Crippen molar-refractivity contribution in [3.8, 4) is 0 Å². The molecular weight excluding hydrogens is 387 g/mol. The molecule has 8 heteroatoms. The molecule has 1 saturated heterocycles. The molecule has 1 heterocycles. The molecule has 0 aromatic heterocycles. The Morgan fingerprint density at radius 1 is 1.19 bits per heavy atom. The van der Waals surface area contributed by atoms with Crippen molar-refractivity contribution in [3.63, 3.8) is 0 Å². The molecule has 0 saturated carbocycles. The number of likely N-dealkylation sites (tertiary alicyclic amines) is 1. The maximum absolute atomic E-state index is 12.4. The van der Waals surface area contributed by atoms with Gasteiger partial charge < -0.3 is 16.4 Å². The second kappa shape index (κ2) is 12.9. The van der Waals surface area contributed by atoms with Crippen molar-refractivity contribution >= 4 is 36.6 Å². The van der Waals surface area contributed by atoms with Crippen molar-refractivity contribution in [2.75, 3.05) is 26.2 Å². The lowest BCUT2D eigenvalue weighted by Crippen LogP contribution is -2.49. The zero-order valence-corrected chi connectivity index (χ0v) is 17.7. The number of nitrogens with two attached hydrogens (primary N) is 1. The molecule has 4 N–H and O–H groups in total. The van der Waals surface area contributed by atoms with Crippen LogP contribution in [0.1, 0.15) is 43.4 Å². The smallest absolute Gasteiger partial charge is 0.241 e. The minimum absolute atomic E-state index is 0. The van der Waals surface area contributed by atoms with Crippen molar-refractivity contribution < 1.29 is 9.59 Å². The summed E-state index contributed by atoms with van der Waals surface area (Å²) < 4.78 is 0. The zero-order chi connectivity index (χ0) is 18.2. The van der Waals surface area contributed by atoms with Gasteiger partial charge in [-0.3, -0.25) is 14.5 Å². The van der Waals surface area contributed by atoms with Crippen LogP contribution in [-0.4, -0.2) is 48.9 Å². The molecule has 1 atom stereocenters. The van der Waals surface area contributed by atoms with E-state index in [0.717, 1.165) is 50.0 Å². The summed E-state index contributed by atoms with van der Waals surface area (Å²) in [5.41, 5.74) is 8.04. The third-order valence-electron chi connectivity index (χ3n) is 4.59. The number of carbonyl (C=O) groups is 2. The molecule has 2 amide bonds. The largest absolute Gasteiger partial charge is 0.355 e. The number of carbonyl (C=O) groups excluding carboxylic acids is 2. The van der Waals surface area contributed by atoms with Crippen LogP contribution in [0.4, 0.5) is 0 Å². The number of aryl methyl sites for hydroxylation is 1. The highest BCUT2D eigenvalue weighted by Gasteiger charge is 2.24. The number of nitrogens with one attached hydrogen (secondary N) is 2. The van der Waals surface area contributed by atoms with Gasteiger partial charge in [0.2, 0.25) is 11.8 Å². The third-order valence-corrected chi connectivity index (χ3v) is 4.59. The van der Waals surface area contributed by atoms with Crippen LogP contribution in [0.5, 0.6) is 0 Å². The molecule has 27 heavy (non-hydrogen) atoms. The summed E-state index contributed by atoms with van der Waals surface area (Å²) in [5, 5.41) is 5.94. The molecule has 2 rings (SSSR count). The summed E-state index contributed by atoms with van der Waals surface area (Å²) in [6.07, 6.45) is 2.63. The first-order chi connectivity index (χ1) is 12.0. The molecule has 0 aliphatic carbocycles. The van der Waals surface area contributed by atoms with E-state index in [4.69, 9.17) is 5.73 Å². The lowest BCUT2D eigenvalue weighted by Gasteiger charge is -2.32. The van der Waals surface area contributed by atoms with Crippen LogP contribution in [0.25, 0.3) is 0 Å². The van der Waals surface area contributed by atoms with Crippen LogP contribution >= 0.6 is 24.8 Å². The van der Waals surface area contributed by atoms with Gasteiger partial charge in [0.15, 0.2) is 0 Å². The SMILES string of the molecule is CCCNC(=O)CN1CCC(NC(=O)C(N)c2ccc(C)cc2)CC1.Cl.Cl. The van der Waals surface area contributed by atoms with E-state index in [0.29, 0.717) is 6.54 Å². The Morgan fingerprint density at radius 2 is 1.78 bits per heavy atom. The molecule has 0 spiro atoms. The molecule has 154 valence electrons. The number of halogens is 2. The number of hydrogen-bond acceptors (Lipinski definition) is 4. The van der Waals surface area contributed by atoms with Gasteiger partial charge >= 0.3 is 0 Å². The van der Waals surface area contributed by atoms with E-state index in [9.17, 15) is 9.59 Å². The second-order valence-electron chi connectivity index (χ2n) is 6.80. The van der Waals surface area contributed by atoms with Crippen LogP contribution in [-0.2, 0) is 9.59 Å². The number of rotatable bonds is 7. The van der Waals surface area contributed by atoms with E-state index in [2.05, 4.69) is 15.5 Å². The van der Waals surface area contributed by atoms with Gasteiger partial charge in [0.1, 0.15) is 6.04 Å². The maximum atomic E-state index is 12.4.